The van der Waals surface area contributed by atoms with E-state index < -0.39 is 11.9 Å². The number of carbonyl (C=O) groups is 2. The summed E-state index contributed by atoms with van der Waals surface area (Å²) in [7, 11) is 0. The fraction of sp³-hybridized carbons (Fsp3) is 0.400. The van der Waals surface area contributed by atoms with Crippen LogP contribution in [-0.4, -0.2) is 28.5 Å². The van der Waals surface area contributed by atoms with E-state index in [0.29, 0.717) is 17.6 Å². The number of hydrogen-bond acceptors (Lipinski definition) is 4. The normalized spacial score (nSPS) is 12.1. The van der Waals surface area contributed by atoms with Crippen LogP contribution in [0.2, 0.25) is 0 Å². The third kappa shape index (κ3) is 3.39. The lowest BCUT2D eigenvalue weighted by atomic mass is 10.0. The zero-order valence-electron chi connectivity index (χ0n) is 12.2. The summed E-state index contributed by atoms with van der Waals surface area (Å²) < 4.78 is 4.97. The van der Waals surface area contributed by atoms with Crippen LogP contribution in [0.25, 0.3) is 11.0 Å². The predicted octanol–water partition coefficient (Wildman–Crippen LogP) is 2.48. The molecule has 6 nitrogen and oxygen atoms in total. The van der Waals surface area contributed by atoms with Crippen LogP contribution < -0.4 is 5.32 Å². The van der Waals surface area contributed by atoms with E-state index in [9.17, 15) is 9.59 Å². The Labute approximate surface area is 122 Å². The molecule has 2 N–H and O–H groups in total. The molecule has 112 valence electrons. The van der Waals surface area contributed by atoms with Gasteiger partial charge in [0.05, 0.1) is 24.1 Å². The molecule has 0 saturated heterocycles. The quantitative estimate of drug-likeness (QED) is 0.632. The molecular formula is C15H19N3O3. The van der Waals surface area contributed by atoms with E-state index in [-0.39, 0.29) is 12.5 Å². The Morgan fingerprint density at radius 2 is 2.19 bits per heavy atom. The number of hydrogen-bond donors (Lipinski definition) is 2. The maximum absolute atomic E-state index is 12.3. The van der Waals surface area contributed by atoms with Gasteiger partial charge in [0.1, 0.15) is 11.4 Å². The second-order valence-corrected chi connectivity index (χ2v) is 4.69. The maximum Gasteiger partial charge on any atom is 0.318 e. The molecule has 0 fully saturated rings. The lowest BCUT2D eigenvalue weighted by Gasteiger charge is -2.15. The predicted molar refractivity (Wildman–Crippen MR) is 79.8 cm³/mol. The number of para-hydroxylation sites is 1. The van der Waals surface area contributed by atoms with E-state index in [2.05, 4.69) is 15.3 Å². The Kier molecular flexibility index (Phi) is 4.92. The summed E-state index contributed by atoms with van der Waals surface area (Å²) in [6.45, 7) is 3.92. The topological polar surface area (TPSA) is 84.1 Å². The fourth-order valence-corrected chi connectivity index (χ4v) is 2.17. The molecule has 0 saturated carbocycles. The smallest absolute Gasteiger partial charge is 0.318 e. The van der Waals surface area contributed by atoms with Crippen molar-refractivity contribution in [1.82, 2.24) is 9.97 Å². The van der Waals surface area contributed by atoms with Crippen molar-refractivity contribution in [3.63, 3.8) is 0 Å². The van der Waals surface area contributed by atoms with Crippen molar-refractivity contribution < 1.29 is 14.3 Å². The molecule has 0 spiro atoms. The second-order valence-electron chi connectivity index (χ2n) is 4.69. The van der Waals surface area contributed by atoms with Gasteiger partial charge in [0, 0.05) is 0 Å². The van der Waals surface area contributed by atoms with Gasteiger partial charge >= 0.3 is 5.97 Å². The van der Waals surface area contributed by atoms with Gasteiger partial charge in [-0.15, -0.1) is 0 Å². The average Bonchev–Trinajstić information content (AvgIpc) is 2.94. The molecule has 1 heterocycles. The van der Waals surface area contributed by atoms with Crippen molar-refractivity contribution in [1.29, 1.82) is 0 Å². The number of aromatic nitrogens is 2. The van der Waals surface area contributed by atoms with Crippen LogP contribution in [0.15, 0.2) is 24.5 Å². The second kappa shape index (κ2) is 6.88. The summed E-state index contributed by atoms with van der Waals surface area (Å²) >= 11 is 0. The van der Waals surface area contributed by atoms with Crippen molar-refractivity contribution in [2.45, 2.75) is 26.7 Å². The number of esters is 1. The Balaban J connectivity index is 2.18. The number of nitrogens with zero attached hydrogens (tertiary/aromatic N) is 1. The Bertz CT molecular complexity index is 636. The molecular weight excluding hydrogens is 270 g/mol. The summed E-state index contributed by atoms with van der Waals surface area (Å²) in [6, 6.07) is 5.44. The number of carbonyl (C=O) groups excluding carboxylic acids is 2. The largest absolute Gasteiger partial charge is 0.465 e. The van der Waals surface area contributed by atoms with E-state index in [1.807, 2.05) is 19.1 Å². The summed E-state index contributed by atoms with van der Waals surface area (Å²) in [5, 5.41) is 2.77. The molecule has 1 aromatic carbocycles. The standard InChI is InChI=1S/C15H19N3O3/c1-3-6-10(15(20)21-4-2)14(19)18-12-8-5-7-11-13(12)17-9-16-11/h5,7-10H,3-4,6H2,1-2H3,(H,16,17)(H,18,19). The molecule has 1 atom stereocenters. The molecule has 2 rings (SSSR count). The first-order chi connectivity index (χ1) is 10.2. The molecule has 0 aliphatic carbocycles. The summed E-state index contributed by atoms with van der Waals surface area (Å²) in [5.41, 5.74) is 2.09. The number of benzene rings is 1. The molecule has 1 aromatic heterocycles. The van der Waals surface area contributed by atoms with Gasteiger partial charge in [-0.3, -0.25) is 9.59 Å². The first kappa shape index (κ1) is 15.0. The van der Waals surface area contributed by atoms with Crippen LogP contribution in [0.4, 0.5) is 5.69 Å². The zero-order valence-corrected chi connectivity index (χ0v) is 12.2. The van der Waals surface area contributed by atoms with E-state index in [1.165, 1.54) is 0 Å². The highest BCUT2D eigenvalue weighted by atomic mass is 16.5. The highest BCUT2D eigenvalue weighted by Gasteiger charge is 2.27. The third-order valence-corrected chi connectivity index (χ3v) is 3.17. The van der Waals surface area contributed by atoms with Gasteiger partial charge in [-0.2, -0.15) is 0 Å². The maximum atomic E-state index is 12.3. The number of anilines is 1. The monoisotopic (exact) mass is 289 g/mol. The number of aromatic amines is 1. The molecule has 0 aliphatic heterocycles. The van der Waals surface area contributed by atoms with Crippen molar-refractivity contribution >= 4 is 28.6 Å². The number of nitrogens with one attached hydrogen (secondary N) is 2. The van der Waals surface area contributed by atoms with Crippen molar-refractivity contribution in [3.05, 3.63) is 24.5 Å². The van der Waals surface area contributed by atoms with Gasteiger partial charge in [0.2, 0.25) is 5.91 Å². The highest BCUT2D eigenvalue weighted by molar-refractivity contribution is 6.07. The van der Waals surface area contributed by atoms with Gasteiger partial charge < -0.3 is 15.0 Å². The fourth-order valence-electron chi connectivity index (χ4n) is 2.17. The van der Waals surface area contributed by atoms with Crippen LogP contribution in [0.3, 0.4) is 0 Å². The number of imidazole rings is 1. The molecule has 1 amide bonds. The minimum Gasteiger partial charge on any atom is -0.465 e. The van der Waals surface area contributed by atoms with Crippen molar-refractivity contribution in [2.24, 2.45) is 5.92 Å². The molecule has 0 aliphatic rings. The van der Waals surface area contributed by atoms with E-state index in [4.69, 9.17) is 4.74 Å². The number of rotatable bonds is 6. The molecule has 6 heteroatoms. The third-order valence-electron chi connectivity index (χ3n) is 3.17. The highest BCUT2D eigenvalue weighted by Crippen LogP contribution is 2.21. The van der Waals surface area contributed by atoms with Crippen LogP contribution in [0.5, 0.6) is 0 Å². The molecule has 1 unspecified atom stereocenters. The Hall–Kier alpha value is -2.37. The Morgan fingerprint density at radius 3 is 2.90 bits per heavy atom. The van der Waals surface area contributed by atoms with Crippen molar-refractivity contribution in [2.75, 3.05) is 11.9 Å². The first-order valence-electron chi connectivity index (χ1n) is 7.07. The van der Waals surface area contributed by atoms with Gasteiger partial charge in [0.15, 0.2) is 0 Å². The Morgan fingerprint density at radius 1 is 1.38 bits per heavy atom. The van der Waals surface area contributed by atoms with Crippen LogP contribution in [0.1, 0.15) is 26.7 Å². The molecule has 2 aromatic rings. The van der Waals surface area contributed by atoms with Crippen molar-refractivity contribution in [3.8, 4) is 0 Å². The van der Waals surface area contributed by atoms with E-state index in [0.717, 1.165) is 11.9 Å². The summed E-state index contributed by atoms with van der Waals surface area (Å²) in [5.74, 6) is -1.62. The van der Waals surface area contributed by atoms with Gasteiger partial charge in [0.25, 0.3) is 0 Å². The number of H-pyrrole nitrogens is 1. The van der Waals surface area contributed by atoms with Gasteiger partial charge in [-0.05, 0) is 25.5 Å². The molecule has 21 heavy (non-hydrogen) atoms. The van der Waals surface area contributed by atoms with Gasteiger partial charge in [-0.1, -0.05) is 19.4 Å². The zero-order chi connectivity index (χ0) is 15.2. The first-order valence-corrected chi connectivity index (χ1v) is 7.07. The molecule has 0 radical (unpaired) electrons. The minimum atomic E-state index is -0.788. The van der Waals surface area contributed by atoms with Crippen LogP contribution in [-0.2, 0) is 14.3 Å². The minimum absolute atomic E-state index is 0.265. The number of ether oxygens (including phenoxy) is 1. The molecule has 0 bridgehead atoms. The van der Waals surface area contributed by atoms with E-state index in [1.54, 1.807) is 19.3 Å². The number of fused-ring (bicyclic) bond motifs is 1. The number of amides is 1. The lowest BCUT2D eigenvalue weighted by Crippen LogP contribution is -2.31. The lowest BCUT2D eigenvalue weighted by molar-refractivity contribution is -0.151. The van der Waals surface area contributed by atoms with Crippen LogP contribution >= 0.6 is 0 Å². The van der Waals surface area contributed by atoms with Gasteiger partial charge in [-0.25, -0.2) is 4.98 Å². The summed E-state index contributed by atoms with van der Waals surface area (Å²) in [4.78, 5) is 31.4. The summed E-state index contributed by atoms with van der Waals surface area (Å²) in [6.07, 6.45) is 2.75. The SMILES string of the molecule is CCCC(C(=O)Nc1cccc2[nH]cnc12)C(=O)OCC. The average molecular weight is 289 g/mol. The van der Waals surface area contributed by atoms with Crippen LogP contribution in [0, 0.1) is 5.92 Å². The van der Waals surface area contributed by atoms with E-state index >= 15 is 0 Å².